The van der Waals surface area contributed by atoms with Crippen LogP contribution in [0, 0.1) is 0 Å². The van der Waals surface area contributed by atoms with Gasteiger partial charge in [0.25, 0.3) is 0 Å². The van der Waals surface area contributed by atoms with Crippen LogP contribution in [-0.2, 0) is 6.54 Å². The molecule has 0 aliphatic carbocycles. The summed E-state index contributed by atoms with van der Waals surface area (Å²) in [5.74, 6) is 0. The number of hydrogen-bond acceptors (Lipinski definition) is 3. The number of pyridine rings is 1. The molecule has 0 bridgehead atoms. The number of nitrogens with zero attached hydrogens (tertiary/aromatic N) is 2. The van der Waals surface area contributed by atoms with Gasteiger partial charge < -0.3 is 5.32 Å². The molecule has 0 aliphatic heterocycles. The van der Waals surface area contributed by atoms with Crippen LogP contribution >= 0.6 is 0 Å². The van der Waals surface area contributed by atoms with Gasteiger partial charge in [0.05, 0.1) is 11.7 Å². The van der Waals surface area contributed by atoms with Crippen LogP contribution in [0.3, 0.4) is 0 Å². The van der Waals surface area contributed by atoms with Gasteiger partial charge in [-0.2, -0.15) is 5.10 Å². The number of anilines is 1. The highest BCUT2D eigenvalue weighted by atomic mass is 15.1. The largest absolute Gasteiger partial charge is 0.381 e. The van der Waals surface area contributed by atoms with Crippen LogP contribution in [0.25, 0.3) is 10.9 Å². The number of aromatic amines is 1. The number of H-pyrrole nitrogens is 1. The Morgan fingerprint density at radius 2 is 2.00 bits per heavy atom. The summed E-state index contributed by atoms with van der Waals surface area (Å²) < 4.78 is 0. The maximum atomic E-state index is 4.00. The average molecular weight is 224 g/mol. The van der Waals surface area contributed by atoms with Crippen LogP contribution in [0.2, 0.25) is 0 Å². The van der Waals surface area contributed by atoms with Crippen molar-refractivity contribution in [2.24, 2.45) is 0 Å². The summed E-state index contributed by atoms with van der Waals surface area (Å²) in [7, 11) is 0. The molecule has 3 rings (SSSR count). The minimum absolute atomic E-state index is 0.797. The Labute approximate surface area is 98.7 Å². The van der Waals surface area contributed by atoms with Gasteiger partial charge in [-0.25, -0.2) is 0 Å². The summed E-state index contributed by atoms with van der Waals surface area (Å²) in [6.07, 6.45) is 5.43. The standard InChI is InChI=1S/C13H12N4/c1-2-13-11(9-16-17-13)7-12(1)15-8-10-3-5-14-6-4-10/h1-7,9,15H,8H2,(H,16,17). The Morgan fingerprint density at radius 3 is 2.88 bits per heavy atom. The third-order valence-electron chi connectivity index (χ3n) is 2.69. The molecule has 2 aromatic heterocycles. The second-order valence-electron chi connectivity index (χ2n) is 3.88. The van der Waals surface area contributed by atoms with E-state index >= 15 is 0 Å². The van der Waals surface area contributed by atoms with E-state index < -0.39 is 0 Å². The molecule has 0 aliphatic rings. The summed E-state index contributed by atoms with van der Waals surface area (Å²) in [6.45, 7) is 0.797. The third-order valence-corrected chi connectivity index (χ3v) is 2.69. The molecule has 17 heavy (non-hydrogen) atoms. The van der Waals surface area contributed by atoms with Crippen molar-refractivity contribution < 1.29 is 0 Å². The fourth-order valence-corrected chi connectivity index (χ4v) is 1.76. The first kappa shape index (κ1) is 9.84. The number of fused-ring (bicyclic) bond motifs is 1. The molecule has 1 aromatic carbocycles. The lowest BCUT2D eigenvalue weighted by molar-refractivity contribution is 1.12. The molecule has 0 radical (unpaired) electrons. The fourth-order valence-electron chi connectivity index (χ4n) is 1.76. The van der Waals surface area contributed by atoms with Crippen LogP contribution in [0.4, 0.5) is 5.69 Å². The fraction of sp³-hybridized carbons (Fsp3) is 0.0769. The molecule has 4 nitrogen and oxygen atoms in total. The molecule has 2 heterocycles. The van der Waals surface area contributed by atoms with E-state index in [4.69, 9.17) is 0 Å². The zero-order valence-electron chi connectivity index (χ0n) is 9.22. The van der Waals surface area contributed by atoms with Crippen LogP contribution in [0.5, 0.6) is 0 Å². The van der Waals surface area contributed by atoms with Crippen molar-refractivity contribution in [1.29, 1.82) is 0 Å². The van der Waals surface area contributed by atoms with E-state index in [1.54, 1.807) is 12.4 Å². The van der Waals surface area contributed by atoms with E-state index in [0.29, 0.717) is 0 Å². The molecule has 0 amide bonds. The number of benzene rings is 1. The molecular weight excluding hydrogens is 212 g/mol. The van der Waals surface area contributed by atoms with Crippen molar-refractivity contribution in [3.63, 3.8) is 0 Å². The van der Waals surface area contributed by atoms with Gasteiger partial charge in [-0.1, -0.05) is 0 Å². The number of nitrogens with one attached hydrogen (secondary N) is 2. The zero-order chi connectivity index (χ0) is 11.5. The van der Waals surface area contributed by atoms with Crippen LogP contribution in [0.15, 0.2) is 48.9 Å². The smallest absolute Gasteiger partial charge is 0.0651 e. The number of aromatic nitrogens is 3. The van der Waals surface area contributed by atoms with E-state index in [0.717, 1.165) is 23.1 Å². The topological polar surface area (TPSA) is 53.6 Å². The quantitative estimate of drug-likeness (QED) is 0.719. The first-order chi connectivity index (χ1) is 8.42. The Kier molecular flexibility index (Phi) is 2.46. The second-order valence-corrected chi connectivity index (χ2v) is 3.88. The summed E-state index contributed by atoms with van der Waals surface area (Å²) in [5.41, 5.74) is 3.36. The summed E-state index contributed by atoms with van der Waals surface area (Å²) in [4.78, 5) is 3.99. The number of hydrogen-bond donors (Lipinski definition) is 2. The SMILES string of the molecule is c1cc(CNc2ccc3[nH]ncc3c2)ccn1. The Bertz CT molecular complexity index is 615. The lowest BCUT2D eigenvalue weighted by atomic mass is 10.2. The van der Waals surface area contributed by atoms with Gasteiger partial charge in [-0.15, -0.1) is 0 Å². The van der Waals surface area contributed by atoms with Gasteiger partial charge in [0.2, 0.25) is 0 Å². The monoisotopic (exact) mass is 224 g/mol. The normalized spacial score (nSPS) is 10.6. The van der Waals surface area contributed by atoms with Crippen LogP contribution in [-0.4, -0.2) is 15.2 Å². The maximum absolute atomic E-state index is 4.00. The van der Waals surface area contributed by atoms with Crippen molar-refractivity contribution in [2.45, 2.75) is 6.54 Å². The number of rotatable bonds is 3. The molecule has 0 atom stereocenters. The zero-order valence-corrected chi connectivity index (χ0v) is 9.22. The summed E-state index contributed by atoms with van der Waals surface area (Å²) >= 11 is 0. The van der Waals surface area contributed by atoms with E-state index in [1.165, 1.54) is 5.56 Å². The highest BCUT2D eigenvalue weighted by molar-refractivity contribution is 5.81. The first-order valence-corrected chi connectivity index (χ1v) is 5.48. The van der Waals surface area contributed by atoms with E-state index in [1.807, 2.05) is 30.5 Å². The van der Waals surface area contributed by atoms with E-state index in [-0.39, 0.29) is 0 Å². The first-order valence-electron chi connectivity index (χ1n) is 5.48. The minimum Gasteiger partial charge on any atom is -0.381 e. The molecule has 2 N–H and O–H groups in total. The van der Waals surface area contributed by atoms with Gasteiger partial charge in [0, 0.05) is 30.0 Å². The molecule has 0 saturated carbocycles. The molecule has 0 unspecified atom stereocenters. The molecule has 0 fully saturated rings. The lowest BCUT2D eigenvalue weighted by Crippen LogP contribution is -1.98. The van der Waals surface area contributed by atoms with Gasteiger partial charge in [0.15, 0.2) is 0 Å². The average Bonchev–Trinajstić information content (AvgIpc) is 2.85. The van der Waals surface area contributed by atoms with Gasteiger partial charge in [-0.05, 0) is 35.9 Å². The second kappa shape index (κ2) is 4.25. The van der Waals surface area contributed by atoms with Crippen LogP contribution < -0.4 is 5.32 Å². The van der Waals surface area contributed by atoms with Crippen molar-refractivity contribution in [2.75, 3.05) is 5.32 Å². The summed E-state index contributed by atoms with van der Waals surface area (Å²) in [5, 5.41) is 11.4. The molecule has 84 valence electrons. The third kappa shape index (κ3) is 2.10. The van der Waals surface area contributed by atoms with E-state index in [9.17, 15) is 0 Å². The highest BCUT2D eigenvalue weighted by Gasteiger charge is 1.97. The Morgan fingerprint density at radius 1 is 1.12 bits per heavy atom. The minimum atomic E-state index is 0.797. The van der Waals surface area contributed by atoms with Crippen molar-refractivity contribution in [3.05, 3.63) is 54.5 Å². The van der Waals surface area contributed by atoms with Crippen molar-refractivity contribution >= 4 is 16.6 Å². The van der Waals surface area contributed by atoms with Crippen LogP contribution in [0.1, 0.15) is 5.56 Å². The Balaban J connectivity index is 1.76. The van der Waals surface area contributed by atoms with Crippen molar-refractivity contribution in [3.8, 4) is 0 Å². The summed E-state index contributed by atoms with van der Waals surface area (Å²) in [6, 6.07) is 10.2. The van der Waals surface area contributed by atoms with Gasteiger partial charge >= 0.3 is 0 Å². The van der Waals surface area contributed by atoms with Gasteiger partial charge in [0.1, 0.15) is 0 Å². The molecule has 0 saturated heterocycles. The highest BCUT2D eigenvalue weighted by Crippen LogP contribution is 2.17. The lowest BCUT2D eigenvalue weighted by Gasteiger charge is -2.06. The molecule has 0 spiro atoms. The molecule has 3 aromatic rings. The predicted molar refractivity (Wildman–Crippen MR) is 67.7 cm³/mol. The molecule has 4 heteroatoms. The predicted octanol–water partition coefficient (Wildman–Crippen LogP) is 2.57. The van der Waals surface area contributed by atoms with E-state index in [2.05, 4.69) is 26.6 Å². The molecular formula is C13H12N4. The van der Waals surface area contributed by atoms with Crippen molar-refractivity contribution in [1.82, 2.24) is 15.2 Å². The Hall–Kier alpha value is -2.36. The maximum Gasteiger partial charge on any atom is 0.0651 e. The van der Waals surface area contributed by atoms with Gasteiger partial charge in [-0.3, -0.25) is 10.1 Å².